The maximum atomic E-state index is 6.21. The van der Waals surface area contributed by atoms with Crippen LogP contribution >= 0.6 is 23.4 Å². The molecule has 2 heterocycles. The lowest BCUT2D eigenvalue weighted by molar-refractivity contribution is 0.496. The first kappa shape index (κ1) is 11.3. The zero-order chi connectivity index (χ0) is 11.0. The molecule has 84 valence electrons. The minimum absolute atomic E-state index is 0.307. The fourth-order valence-electron chi connectivity index (χ4n) is 1.98. The van der Waals surface area contributed by atoms with E-state index in [0.29, 0.717) is 12.0 Å². The molecule has 0 aliphatic carbocycles. The Morgan fingerprint density at radius 1 is 1.60 bits per heavy atom. The average molecular weight is 246 g/mol. The lowest BCUT2D eigenvalue weighted by Crippen LogP contribution is -2.30. The predicted octanol–water partition coefficient (Wildman–Crippen LogP) is 1.61. The molecule has 2 unspecified atom stereocenters. The number of halogens is 1. The van der Waals surface area contributed by atoms with Crippen molar-refractivity contribution in [2.24, 2.45) is 18.7 Å². The quantitative estimate of drug-likeness (QED) is 0.861. The Balaban J connectivity index is 2.16. The predicted molar refractivity (Wildman–Crippen MR) is 65.4 cm³/mol. The molecule has 1 saturated heterocycles. The summed E-state index contributed by atoms with van der Waals surface area (Å²) in [7, 11) is 1.95. The van der Waals surface area contributed by atoms with E-state index in [0.717, 1.165) is 34.3 Å². The van der Waals surface area contributed by atoms with Gasteiger partial charge in [0.15, 0.2) is 0 Å². The van der Waals surface area contributed by atoms with Crippen LogP contribution in [0.15, 0.2) is 0 Å². The summed E-state index contributed by atoms with van der Waals surface area (Å²) in [4.78, 5) is 0. The van der Waals surface area contributed by atoms with Crippen molar-refractivity contribution in [3.63, 3.8) is 0 Å². The molecular weight excluding hydrogens is 230 g/mol. The van der Waals surface area contributed by atoms with Crippen molar-refractivity contribution in [3.05, 3.63) is 16.4 Å². The standard InChI is InChI=1S/C10H16ClN3S/c1-6-10(11)9(14(2)13-6)3-7-4-15-5-8(7)12/h7-8H,3-5,12H2,1-2H3. The van der Waals surface area contributed by atoms with Gasteiger partial charge in [-0.3, -0.25) is 4.68 Å². The fourth-order valence-corrected chi connectivity index (χ4v) is 3.56. The van der Waals surface area contributed by atoms with Crippen LogP contribution in [-0.2, 0) is 13.5 Å². The maximum Gasteiger partial charge on any atom is 0.0847 e. The van der Waals surface area contributed by atoms with Gasteiger partial charge in [0, 0.05) is 18.8 Å². The Morgan fingerprint density at radius 2 is 2.33 bits per heavy atom. The SMILES string of the molecule is Cc1nn(C)c(CC2CSCC2N)c1Cl. The van der Waals surface area contributed by atoms with Crippen molar-refractivity contribution < 1.29 is 0 Å². The number of nitrogens with two attached hydrogens (primary N) is 1. The van der Waals surface area contributed by atoms with Gasteiger partial charge in [-0.05, 0) is 25.0 Å². The van der Waals surface area contributed by atoms with E-state index in [9.17, 15) is 0 Å². The topological polar surface area (TPSA) is 43.8 Å². The highest BCUT2D eigenvalue weighted by Gasteiger charge is 2.26. The molecule has 2 rings (SSSR count). The van der Waals surface area contributed by atoms with Gasteiger partial charge >= 0.3 is 0 Å². The monoisotopic (exact) mass is 245 g/mol. The number of hydrogen-bond donors (Lipinski definition) is 1. The van der Waals surface area contributed by atoms with Crippen molar-refractivity contribution >= 4 is 23.4 Å². The first-order valence-electron chi connectivity index (χ1n) is 5.11. The van der Waals surface area contributed by atoms with E-state index in [1.54, 1.807) is 0 Å². The van der Waals surface area contributed by atoms with Crippen LogP contribution in [0.1, 0.15) is 11.4 Å². The summed E-state index contributed by atoms with van der Waals surface area (Å²) >= 11 is 8.14. The summed E-state index contributed by atoms with van der Waals surface area (Å²) in [6, 6.07) is 0.307. The Hall–Kier alpha value is -0.190. The second kappa shape index (κ2) is 4.36. The van der Waals surface area contributed by atoms with Gasteiger partial charge < -0.3 is 5.73 Å². The Morgan fingerprint density at radius 3 is 2.80 bits per heavy atom. The third-order valence-corrected chi connectivity index (χ3v) is 4.74. The van der Waals surface area contributed by atoms with Crippen LogP contribution in [0.2, 0.25) is 5.02 Å². The second-order valence-electron chi connectivity index (χ2n) is 4.14. The third kappa shape index (κ3) is 2.17. The number of nitrogens with zero attached hydrogens (tertiary/aromatic N) is 2. The Kier molecular flexibility index (Phi) is 3.28. The van der Waals surface area contributed by atoms with Crippen molar-refractivity contribution in [2.45, 2.75) is 19.4 Å². The normalized spacial score (nSPS) is 26.1. The molecular formula is C10H16ClN3S. The molecule has 1 fully saturated rings. The van der Waals surface area contributed by atoms with Crippen LogP contribution in [0.25, 0.3) is 0 Å². The number of aromatic nitrogens is 2. The molecule has 2 atom stereocenters. The van der Waals surface area contributed by atoms with Crippen LogP contribution in [-0.4, -0.2) is 27.3 Å². The summed E-state index contributed by atoms with van der Waals surface area (Å²) in [6.45, 7) is 1.94. The van der Waals surface area contributed by atoms with Crippen molar-refractivity contribution in [1.29, 1.82) is 0 Å². The Bertz CT molecular complexity index is 364. The fraction of sp³-hybridized carbons (Fsp3) is 0.700. The molecule has 0 aromatic carbocycles. The highest BCUT2D eigenvalue weighted by atomic mass is 35.5. The van der Waals surface area contributed by atoms with E-state index in [1.807, 2.05) is 30.4 Å². The van der Waals surface area contributed by atoms with Crippen LogP contribution < -0.4 is 5.73 Å². The second-order valence-corrected chi connectivity index (χ2v) is 5.59. The van der Waals surface area contributed by atoms with Gasteiger partial charge in [0.25, 0.3) is 0 Å². The molecule has 0 spiro atoms. The molecule has 5 heteroatoms. The number of aryl methyl sites for hydroxylation is 2. The van der Waals surface area contributed by atoms with Crippen molar-refractivity contribution in [1.82, 2.24) is 9.78 Å². The zero-order valence-electron chi connectivity index (χ0n) is 9.03. The lowest BCUT2D eigenvalue weighted by Gasteiger charge is -2.14. The van der Waals surface area contributed by atoms with Gasteiger partial charge in [0.2, 0.25) is 0 Å². The third-order valence-electron chi connectivity index (χ3n) is 2.96. The number of rotatable bonds is 2. The average Bonchev–Trinajstić information content (AvgIpc) is 2.67. The molecule has 1 aromatic heterocycles. The van der Waals surface area contributed by atoms with Crippen molar-refractivity contribution in [3.8, 4) is 0 Å². The first-order chi connectivity index (χ1) is 7.09. The minimum atomic E-state index is 0.307. The number of thioether (sulfide) groups is 1. The van der Waals surface area contributed by atoms with E-state index < -0.39 is 0 Å². The summed E-state index contributed by atoms with van der Waals surface area (Å²) in [5.41, 5.74) is 8.07. The van der Waals surface area contributed by atoms with Crippen LogP contribution in [0.5, 0.6) is 0 Å². The largest absolute Gasteiger partial charge is 0.327 e. The minimum Gasteiger partial charge on any atom is -0.327 e. The smallest absolute Gasteiger partial charge is 0.0847 e. The molecule has 1 aromatic rings. The van der Waals surface area contributed by atoms with Gasteiger partial charge in [0.1, 0.15) is 0 Å². The lowest BCUT2D eigenvalue weighted by atomic mass is 9.98. The van der Waals surface area contributed by atoms with E-state index >= 15 is 0 Å². The van der Waals surface area contributed by atoms with E-state index in [-0.39, 0.29) is 0 Å². The van der Waals surface area contributed by atoms with Gasteiger partial charge in [-0.15, -0.1) is 0 Å². The highest BCUT2D eigenvalue weighted by Crippen LogP contribution is 2.29. The summed E-state index contributed by atoms with van der Waals surface area (Å²) in [6.07, 6.45) is 0.949. The van der Waals surface area contributed by atoms with Crippen LogP contribution in [0.4, 0.5) is 0 Å². The summed E-state index contributed by atoms with van der Waals surface area (Å²) in [5.74, 6) is 2.75. The van der Waals surface area contributed by atoms with E-state index in [1.165, 1.54) is 0 Å². The Labute approximate surface area is 99.4 Å². The van der Waals surface area contributed by atoms with Crippen LogP contribution in [0.3, 0.4) is 0 Å². The molecule has 0 bridgehead atoms. The van der Waals surface area contributed by atoms with Gasteiger partial charge in [-0.25, -0.2) is 0 Å². The van der Waals surface area contributed by atoms with Gasteiger partial charge in [-0.1, -0.05) is 11.6 Å². The molecule has 0 radical (unpaired) electrons. The first-order valence-corrected chi connectivity index (χ1v) is 6.64. The molecule has 1 aliphatic rings. The maximum absolute atomic E-state index is 6.21. The summed E-state index contributed by atoms with van der Waals surface area (Å²) in [5, 5.41) is 5.12. The molecule has 0 saturated carbocycles. The molecule has 3 nitrogen and oxygen atoms in total. The summed E-state index contributed by atoms with van der Waals surface area (Å²) < 4.78 is 1.88. The molecule has 0 amide bonds. The highest BCUT2D eigenvalue weighted by molar-refractivity contribution is 7.99. The van der Waals surface area contributed by atoms with E-state index in [4.69, 9.17) is 17.3 Å². The van der Waals surface area contributed by atoms with E-state index in [2.05, 4.69) is 5.10 Å². The van der Waals surface area contributed by atoms with Gasteiger partial charge in [0.05, 0.1) is 16.4 Å². The van der Waals surface area contributed by atoms with Crippen molar-refractivity contribution in [2.75, 3.05) is 11.5 Å². The zero-order valence-corrected chi connectivity index (χ0v) is 10.6. The molecule has 1 aliphatic heterocycles. The molecule has 2 N–H and O–H groups in total. The van der Waals surface area contributed by atoms with Crippen LogP contribution in [0, 0.1) is 12.8 Å². The number of hydrogen-bond acceptors (Lipinski definition) is 3. The molecule has 15 heavy (non-hydrogen) atoms. The van der Waals surface area contributed by atoms with Gasteiger partial charge in [-0.2, -0.15) is 16.9 Å².